The topological polar surface area (TPSA) is 17.1 Å². The Morgan fingerprint density at radius 2 is 1.14 bits per heavy atom. The lowest BCUT2D eigenvalue weighted by atomic mass is 10.0. The molecule has 0 aromatic heterocycles. The van der Waals surface area contributed by atoms with E-state index in [2.05, 4.69) is 26.0 Å². The van der Waals surface area contributed by atoms with Crippen LogP contribution in [0.5, 0.6) is 0 Å². The monoisotopic (exact) mass is 328 g/mol. The van der Waals surface area contributed by atoms with Gasteiger partial charge in [0.25, 0.3) is 0 Å². The van der Waals surface area contributed by atoms with Crippen molar-refractivity contribution in [1.29, 1.82) is 0 Å². The fourth-order valence-electron chi connectivity index (χ4n) is 2.78. The van der Waals surface area contributed by atoms with Crippen LogP contribution in [0.25, 0.3) is 0 Å². The molecule has 132 valence electrons. The maximum atomic E-state index is 10.4. The molecule has 0 aliphatic heterocycles. The highest BCUT2D eigenvalue weighted by Crippen LogP contribution is 2.12. The summed E-state index contributed by atoms with van der Waals surface area (Å²) in [4.78, 5) is 0. The van der Waals surface area contributed by atoms with Gasteiger partial charge >= 0.3 is 0 Å². The van der Waals surface area contributed by atoms with Gasteiger partial charge in [0.05, 0.1) is 8.46 Å². The first-order valence-electron chi connectivity index (χ1n) is 9.86. The number of hydrogen-bond donors (Lipinski definition) is 0. The third kappa shape index (κ3) is 20.0. The van der Waals surface area contributed by atoms with Crippen molar-refractivity contribution in [2.24, 2.45) is 5.92 Å². The first-order valence-corrected chi connectivity index (χ1v) is 11.1. The zero-order valence-corrected chi connectivity index (χ0v) is 16.5. The normalized spacial score (nSPS) is 12.3. The Balaban J connectivity index is 3.07. The van der Waals surface area contributed by atoms with Crippen LogP contribution in [0.3, 0.4) is 0 Å². The molecule has 0 saturated heterocycles. The lowest BCUT2D eigenvalue weighted by Gasteiger charge is -2.03. The molecule has 2 heteroatoms. The molecule has 22 heavy (non-hydrogen) atoms. The van der Waals surface area contributed by atoms with Crippen LogP contribution in [0.1, 0.15) is 104 Å². The third-order valence-electron chi connectivity index (χ3n) is 4.26. The molecule has 0 spiro atoms. The molecule has 0 fully saturated rings. The molecule has 0 aromatic rings. The van der Waals surface area contributed by atoms with E-state index in [0.717, 1.165) is 12.1 Å². The maximum Gasteiger partial charge on any atom is 0.0645 e. The summed E-state index contributed by atoms with van der Waals surface area (Å²) in [7, 11) is -0.502. The summed E-state index contributed by atoms with van der Waals surface area (Å²) in [5, 5.41) is 0. The molecule has 0 saturated carbocycles. The van der Waals surface area contributed by atoms with E-state index >= 15 is 0 Å². The second-order valence-electron chi connectivity index (χ2n) is 7.08. The minimum absolute atomic E-state index is 0.502. The van der Waals surface area contributed by atoms with E-state index in [9.17, 15) is 4.57 Å². The van der Waals surface area contributed by atoms with E-state index in [-0.39, 0.29) is 0 Å². The van der Waals surface area contributed by atoms with Gasteiger partial charge in [-0.1, -0.05) is 83.8 Å². The quantitative estimate of drug-likeness (QED) is 0.154. The molecule has 0 aliphatic rings. The van der Waals surface area contributed by atoms with Crippen molar-refractivity contribution in [3.63, 3.8) is 0 Å². The van der Waals surface area contributed by atoms with Crippen molar-refractivity contribution >= 4 is 8.46 Å². The summed E-state index contributed by atoms with van der Waals surface area (Å²) in [6.07, 6.45) is 24.6. The zero-order valence-electron chi connectivity index (χ0n) is 15.3. The van der Waals surface area contributed by atoms with Crippen LogP contribution in [0.15, 0.2) is 12.2 Å². The van der Waals surface area contributed by atoms with Crippen molar-refractivity contribution in [3.05, 3.63) is 12.2 Å². The summed E-state index contributed by atoms with van der Waals surface area (Å²) >= 11 is 0. The van der Waals surface area contributed by atoms with Crippen molar-refractivity contribution < 1.29 is 4.57 Å². The Kier molecular flexibility index (Phi) is 19.0. The third-order valence-corrected chi connectivity index (χ3v) is 4.91. The second-order valence-corrected chi connectivity index (χ2v) is 7.99. The van der Waals surface area contributed by atoms with E-state index in [1.807, 2.05) is 0 Å². The van der Waals surface area contributed by atoms with Crippen LogP contribution in [0, 0.1) is 5.92 Å². The van der Waals surface area contributed by atoms with Crippen molar-refractivity contribution in [2.45, 2.75) is 104 Å². The molecule has 1 atom stereocenters. The predicted molar refractivity (Wildman–Crippen MR) is 104 cm³/mol. The van der Waals surface area contributed by atoms with Gasteiger partial charge in [0.15, 0.2) is 0 Å². The Morgan fingerprint density at radius 1 is 0.682 bits per heavy atom. The van der Waals surface area contributed by atoms with Crippen LogP contribution in [-0.2, 0) is 4.57 Å². The van der Waals surface area contributed by atoms with E-state index < -0.39 is 8.46 Å². The molecule has 1 nitrogen and oxygen atoms in total. The van der Waals surface area contributed by atoms with Crippen LogP contribution in [-0.4, -0.2) is 6.16 Å². The Hall–Kier alpha value is -0.0300. The van der Waals surface area contributed by atoms with Gasteiger partial charge in [0, 0.05) is 0 Å². The molecule has 0 bridgehead atoms. The molecule has 0 aromatic carbocycles. The van der Waals surface area contributed by atoms with Gasteiger partial charge in [-0.25, -0.2) is 0 Å². The van der Waals surface area contributed by atoms with Crippen molar-refractivity contribution in [2.75, 3.05) is 6.16 Å². The van der Waals surface area contributed by atoms with E-state index in [4.69, 9.17) is 0 Å². The number of unbranched alkanes of at least 4 members (excludes halogenated alkanes) is 11. The van der Waals surface area contributed by atoms with Crippen molar-refractivity contribution in [3.8, 4) is 0 Å². The molecular formula is C20H41OP. The molecule has 0 amide bonds. The van der Waals surface area contributed by atoms with Crippen LogP contribution in [0.2, 0.25) is 0 Å². The maximum absolute atomic E-state index is 10.4. The summed E-state index contributed by atoms with van der Waals surface area (Å²) in [5.74, 6) is 0.877. The van der Waals surface area contributed by atoms with Gasteiger partial charge in [0.1, 0.15) is 0 Å². The fourth-order valence-corrected chi connectivity index (χ4v) is 3.23. The zero-order chi connectivity index (χ0) is 16.3. The van der Waals surface area contributed by atoms with Gasteiger partial charge in [-0.15, -0.1) is 0 Å². The van der Waals surface area contributed by atoms with Gasteiger partial charge < -0.3 is 4.57 Å². The van der Waals surface area contributed by atoms with Crippen molar-refractivity contribution in [1.82, 2.24) is 0 Å². The smallest absolute Gasteiger partial charge is 0.0645 e. The molecule has 1 unspecified atom stereocenters. The largest absolute Gasteiger partial charge is 0.330 e. The summed E-state index contributed by atoms with van der Waals surface area (Å²) in [5.41, 5.74) is 0. The van der Waals surface area contributed by atoms with E-state index in [0.29, 0.717) is 0 Å². The van der Waals surface area contributed by atoms with Gasteiger partial charge in [-0.2, -0.15) is 0 Å². The average Bonchev–Trinajstić information content (AvgIpc) is 2.50. The summed E-state index contributed by atoms with van der Waals surface area (Å²) in [6, 6.07) is 0. The molecule has 0 aliphatic carbocycles. The lowest BCUT2D eigenvalue weighted by Crippen LogP contribution is -1.87. The number of hydrogen-bond acceptors (Lipinski definition) is 1. The minimum atomic E-state index is -0.502. The number of rotatable bonds is 17. The van der Waals surface area contributed by atoms with E-state index in [1.165, 1.54) is 89.9 Å². The highest BCUT2D eigenvalue weighted by atomic mass is 31.1. The first kappa shape index (κ1) is 22.0. The molecule has 0 N–H and O–H groups in total. The molecule has 0 rings (SSSR count). The van der Waals surface area contributed by atoms with Crippen LogP contribution < -0.4 is 0 Å². The van der Waals surface area contributed by atoms with E-state index in [1.54, 1.807) is 0 Å². The SMILES string of the molecule is CC(C)CCCCCCCC=CCCCCCCCC[PH2]=O. The second kappa shape index (κ2) is 19.0. The highest BCUT2D eigenvalue weighted by Gasteiger charge is 1.94. The van der Waals surface area contributed by atoms with Gasteiger partial charge in [-0.05, 0) is 44.2 Å². The van der Waals surface area contributed by atoms with Gasteiger partial charge in [-0.3, -0.25) is 0 Å². The Labute approximate surface area is 141 Å². The summed E-state index contributed by atoms with van der Waals surface area (Å²) in [6.45, 7) is 4.64. The molecule has 0 heterocycles. The average molecular weight is 329 g/mol. The van der Waals surface area contributed by atoms with Gasteiger partial charge in [0.2, 0.25) is 0 Å². The Morgan fingerprint density at radius 3 is 1.64 bits per heavy atom. The van der Waals surface area contributed by atoms with Crippen LogP contribution >= 0.6 is 8.46 Å². The standard InChI is InChI=1S/C20H41OP/c1-20(2)18-16-14-12-10-8-6-4-3-5-7-9-11-13-15-17-19-22-21/h3-4,20H,5-19,22H2,1-2H3. The highest BCUT2D eigenvalue weighted by molar-refractivity contribution is 7.23. The number of allylic oxidation sites excluding steroid dienone is 2. The fraction of sp³-hybridized carbons (Fsp3) is 0.900. The predicted octanol–water partition coefficient (Wildman–Crippen LogP) is 7.42. The molecular weight excluding hydrogens is 287 g/mol. The van der Waals surface area contributed by atoms with Crippen LogP contribution in [0.4, 0.5) is 0 Å². The Bertz CT molecular complexity index is 248. The lowest BCUT2D eigenvalue weighted by molar-refractivity contribution is 0.516. The minimum Gasteiger partial charge on any atom is -0.330 e. The molecule has 0 radical (unpaired) electrons. The first-order chi connectivity index (χ1) is 10.8. The summed E-state index contributed by atoms with van der Waals surface area (Å²) < 4.78 is 10.4.